The number of hydrogen-bond donors (Lipinski definition) is 1. The minimum absolute atomic E-state index is 0.0991. The lowest BCUT2D eigenvalue weighted by molar-refractivity contribution is 0.110. The zero-order valence-corrected chi connectivity index (χ0v) is 6.71. The number of aldehydes is 1. The van der Waals surface area contributed by atoms with Gasteiger partial charge in [-0.3, -0.25) is 9.78 Å². The van der Waals surface area contributed by atoms with Crippen molar-refractivity contribution in [3.05, 3.63) is 29.1 Å². The Labute approximate surface area is 73.6 Å². The molecule has 1 heterocycles. The van der Waals surface area contributed by atoms with Crippen LogP contribution in [0.3, 0.4) is 0 Å². The molecule has 3 nitrogen and oxygen atoms in total. The third-order valence-electron chi connectivity index (χ3n) is 1.58. The van der Waals surface area contributed by atoms with E-state index in [1.54, 1.807) is 0 Å². The number of aromatic nitrogens is 1. The molecule has 1 aromatic rings. The Morgan fingerprint density at radius 3 is 2.77 bits per heavy atom. The van der Waals surface area contributed by atoms with Crippen LogP contribution in [0.25, 0.3) is 0 Å². The van der Waals surface area contributed by atoms with Crippen molar-refractivity contribution >= 4 is 6.29 Å². The summed E-state index contributed by atoms with van der Waals surface area (Å²) in [4.78, 5) is 13.8. The van der Waals surface area contributed by atoms with Gasteiger partial charge in [0.1, 0.15) is 5.69 Å². The van der Waals surface area contributed by atoms with Crippen molar-refractivity contribution in [3.63, 3.8) is 0 Å². The molecule has 0 saturated carbocycles. The number of pyridine rings is 1. The van der Waals surface area contributed by atoms with Gasteiger partial charge >= 0.3 is 0 Å². The van der Waals surface area contributed by atoms with E-state index in [0.717, 1.165) is 0 Å². The van der Waals surface area contributed by atoms with Crippen LogP contribution in [0.4, 0.5) is 8.78 Å². The highest BCUT2D eigenvalue weighted by molar-refractivity contribution is 5.76. The number of rotatable bonds is 3. The molecular weight excluding hydrogens is 178 g/mol. The van der Waals surface area contributed by atoms with E-state index in [1.807, 2.05) is 0 Å². The fraction of sp³-hybridized carbons (Fsp3) is 0.250. The van der Waals surface area contributed by atoms with E-state index in [4.69, 9.17) is 5.73 Å². The highest BCUT2D eigenvalue weighted by Gasteiger charge is 2.14. The molecule has 0 amide bonds. The minimum Gasteiger partial charge on any atom is -0.326 e. The van der Waals surface area contributed by atoms with Crippen molar-refractivity contribution < 1.29 is 13.6 Å². The number of carbonyl (C=O) groups excluding carboxylic acids is 1. The second-order valence-corrected chi connectivity index (χ2v) is 2.44. The average Bonchev–Trinajstić information content (AvgIpc) is 2.16. The lowest BCUT2D eigenvalue weighted by Crippen LogP contribution is -2.03. The van der Waals surface area contributed by atoms with Crippen LogP contribution in [0.15, 0.2) is 12.3 Å². The summed E-state index contributed by atoms with van der Waals surface area (Å²) >= 11 is 0. The molecule has 0 aliphatic heterocycles. The SMILES string of the molecule is NCc1cnc(C(F)F)c(C=O)c1. The second-order valence-electron chi connectivity index (χ2n) is 2.44. The Kier molecular flexibility index (Phi) is 3.02. The first-order valence-electron chi connectivity index (χ1n) is 3.61. The Balaban J connectivity index is 3.15. The summed E-state index contributed by atoms with van der Waals surface area (Å²) in [6.45, 7) is 0.178. The Bertz CT molecular complexity index is 315. The van der Waals surface area contributed by atoms with Crippen molar-refractivity contribution in [3.8, 4) is 0 Å². The molecule has 0 fully saturated rings. The summed E-state index contributed by atoms with van der Waals surface area (Å²) in [5.41, 5.74) is 5.23. The van der Waals surface area contributed by atoms with E-state index in [2.05, 4.69) is 4.98 Å². The maximum Gasteiger partial charge on any atom is 0.281 e. The van der Waals surface area contributed by atoms with Gasteiger partial charge in [0.2, 0.25) is 0 Å². The summed E-state index contributed by atoms with van der Waals surface area (Å²) in [6, 6.07) is 1.32. The van der Waals surface area contributed by atoms with Gasteiger partial charge in [0.25, 0.3) is 6.43 Å². The van der Waals surface area contributed by atoms with Crippen molar-refractivity contribution in [1.29, 1.82) is 0 Å². The predicted molar refractivity (Wildman–Crippen MR) is 42.5 cm³/mol. The molecule has 0 radical (unpaired) electrons. The minimum atomic E-state index is -2.73. The van der Waals surface area contributed by atoms with Gasteiger partial charge in [0.15, 0.2) is 6.29 Å². The predicted octanol–water partition coefficient (Wildman–Crippen LogP) is 1.29. The molecule has 0 aliphatic rings. The molecule has 5 heteroatoms. The topological polar surface area (TPSA) is 56.0 Å². The Morgan fingerprint density at radius 2 is 2.31 bits per heavy atom. The molecule has 0 atom stereocenters. The van der Waals surface area contributed by atoms with Crippen LogP contribution in [0, 0.1) is 0 Å². The zero-order chi connectivity index (χ0) is 9.84. The van der Waals surface area contributed by atoms with Gasteiger partial charge in [-0.2, -0.15) is 0 Å². The van der Waals surface area contributed by atoms with Crippen LogP contribution < -0.4 is 5.73 Å². The van der Waals surface area contributed by atoms with Crippen molar-refractivity contribution in [2.45, 2.75) is 13.0 Å². The monoisotopic (exact) mass is 186 g/mol. The molecule has 1 aromatic heterocycles. The molecule has 0 spiro atoms. The van der Waals surface area contributed by atoms with Gasteiger partial charge in [0, 0.05) is 18.3 Å². The Morgan fingerprint density at radius 1 is 1.62 bits per heavy atom. The molecule has 1 rings (SSSR count). The first-order valence-corrected chi connectivity index (χ1v) is 3.61. The van der Waals surface area contributed by atoms with Crippen molar-refractivity contribution in [1.82, 2.24) is 4.98 Å². The largest absolute Gasteiger partial charge is 0.326 e. The molecular formula is C8H8F2N2O. The van der Waals surface area contributed by atoms with E-state index >= 15 is 0 Å². The smallest absolute Gasteiger partial charge is 0.281 e. The third-order valence-corrected chi connectivity index (χ3v) is 1.58. The van der Waals surface area contributed by atoms with E-state index < -0.39 is 12.1 Å². The van der Waals surface area contributed by atoms with Gasteiger partial charge in [0.05, 0.1) is 0 Å². The van der Waals surface area contributed by atoms with Gasteiger partial charge < -0.3 is 5.73 Å². The van der Waals surface area contributed by atoms with Crippen LogP contribution in [0.2, 0.25) is 0 Å². The molecule has 0 aromatic carbocycles. The van der Waals surface area contributed by atoms with Crippen LogP contribution in [0.5, 0.6) is 0 Å². The number of nitrogens with two attached hydrogens (primary N) is 1. The van der Waals surface area contributed by atoms with E-state index in [1.165, 1.54) is 12.3 Å². The normalized spacial score (nSPS) is 10.5. The third kappa shape index (κ3) is 2.06. The quantitative estimate of drug-likeness (QED) is 0.723. The summed E-state index contributed by atoms with van der Waals surface area (Å²) in [6.07, 6.45) is -1.13. The molecule has 2 N–H and O–H groups in total. The van der Waals surface area contributed by atoms with Gasteiger partial charge in [-0.15, -0.1) is 0 Å². The molecule has 70 valence electrons. The highest BCUT2D eigenvalue weighted by Crippen LogP contribution is 2.19. The van der Waals surface area contributed by atoms with Crippen LogP contribution in [-0.4, -0.2) is 11.3 Å². The van der Waals surface area contributed by atoms with E-state index in [-0.39, 0.29) is 12.1 Å². The number of hydrogen-bond acceptors (Lipinski definition) is 3. The zero-order valence-electron chi connectivity index (χ0n) is 6.71. The molecule has 0 unspecified atom stereocenters. The lowest BCUT2D eigenvalue weighted by Gasteiger charge is -2.03. The van der Waals surface area contributed by atoms with Gasteiger partial charge in [-0.25, -0.2) is 8.78 Å². The summed E-state index contributed by atoms with van der Waals surface area (Å²) < 4.78 is 24.4. The highest BCUT2D eigenvalue weighted by atomic mass is 19.3. The number of halogens is 2. The molecule has 0 saturated heterocycles. The number of carbonyl (C=O) groups is 1. The fourth-order valence-electron chi connectivity index (χ4n) is 0.926. The first-order chi connectivity index (χ1) is 6.19. The Hall–Kier alpha value is -1.36. The maximum absolute atomic E-state index is 12.2. The summed E-state index contributed by atoms with van der Waals surface area (Å²) in [7, 11) is 0. The first kappa shape index (κ1) is 9.73. The van der Waals surface area contributed by atoms with Gasteiger partial charge in [-0.1, -0.05) is 0 Å². The second kappa shape index (κ2) is 4.04. The fourth-order valence-corrected chi connectivity index (χ4v) is 0.926. The number of nitrogens with zero attached hydrogens (tertiary/aromatic N) is 1. The van der Waals surface area contributed by atoms with Crippen LogP contribution in [-0.2, 0) is 6.54 Å². The molecule has 0 bridgehead atoms. The summed E-state index contributed by atoms with van der Waals surface area (Å²) in [5.74, 6) is 0. The van der Waals surface area contributed by atoms with Gasteiger partial charge in [-0.05, 0) is 11.6 Å². The van der Waals surface area contributed by atoms with E-state index in [0.29, 0.717) is 11.8 Å². The van der Waals surface area contributed by atoms with Crippen molar-refractivity contribution in [2.24, 2.45) is 5.73 Å². The lowest BCUT2D eigenvalue weighted by atomic mass is 10.1. The molecule has 13 heavy (non-hydrogen) atoms. The average molecular weight is 186 g/mol. The maximum atomic E-state index is 12.2. The number of alkyl halides is 2. The standard InChI is InChI=1S/C8H8F2N2O/c9-8(10)7-6(4-13)1-5(2-11)3-12-7/h1,3-4,8H,2,11H2. The molecule has 0 aliphatic carbocycles. The summed E-state index contributed by atoms with van der Waals surface area (Å²) in [5, 5.41) is 0. The van der Waals surface area contributed by atoms with Crippen LogP contribution in [0.1, 0.15) is 28.0 Å². The van der Waals surface area contributed by atoms with Crippen LogP contribution >= 0.6 is 0 Å². The van der Waals surface area contributed by atoms with E-state index in [9.17, 15) is 13.6 Å². The van der Waals surface area contributed by atoms with Crippen molar-refractivity contribution in [2.75, 3.05) is 0 Å².